The molecule has 35 heavy (non-hydrogen) atoms. The fraction of sp³-hybridized carbons (Fsp3) is 0.250. The molecule has 188 valence electrons. The van der Waals surface area contributed by atoms with Crippen molar-refractivity contribution in [3.8, 4) is 23.0 Å². The molecule has 0 fully saturated rings. The molecule has 0 aliphatic heterocycles. The Bertz CT molecular complexity index is 997. The van der Waals surface area contributed by atoms with Crippen molar-refractivity contribution in [3.05, 3.63) is 68.7 Å². The molecule has 0 bridgehead atoms. The second-order valence-corrected chi connectivity index (χ2v) is 8.69. The van der Waals surface area contributed by atoms with E-state index in [1.54, 1.807) is 13.8 Å². The van der Waals surface area contributed by atoms with E-state index in [9.17, 15) is 9.59 Å². The minimum absolute atomic E-state index is 0.00164. The fourth-order valence-electron chi connectivity index (χ4n) is 2.41. The Balaban J connectivity index is 1.99. The summed E-state index contributed by atoms with van der Waals surface area (Å²) in [5.41, 5.74) is 0.568. The zero-order valence-electron chi connectivity index (χ0n) is 18.9. The van der Waals surface area contributed by atoms with Crippen molar-refractivity contribution in [1.29, 1.82) is 0 Å². The van der Waals surface area contributed by atoms with Crippen LogP contribution in [0.2, 0.25) is 20.1 Å². The summed E-state index contributed by atoms with van der Waals surface area (Å²) in [5.74, 6) is -0.0236. The van der Waals surface area contributed by atoms with Crippen LogP contribution in [-0.4, -0.2) is 38.4 Å². The second-order valence-electron chi connectivity index (χ2n) is 7.06. The molecule has 2 aromatic rings. The van der Waals surface area contributed by atoms with E-state index in [1.807, 2.05) is 0 Å². The summed E-state index contributed by atoms with van der Waals surface area (Å²) in [6, 6.07) is 5.96. The molecule has 0 atom stereocenters. The Morgan fingerprint density at radius 3 is 1.26 bits per heavy atom. The van der Waals surface area contributed by atoms with Gasteiger partial charge in [-0.3, -0.25) is 0 Å². The average molecular weight is 564 g/mol. The molecule has 0 amide bonds. The lowest BCUT2D eigenvalue weighted by Gasteiger charge is -2.14. The predicted molar refractivity (Wildman–Crippen MR) is 136 cm³/mol. The van der Waals surface area contributed by atoms with E-state index in [4.69, 9.17) is 70.1 Å². The van der Waals surface area contributed by atoms with E-state index >= 15 is 0 Å². The van der Waals surface area contributed by atoms with Crippen LogP contribution in [0, 0.1) is 0 Å². The summed E-state index contributed by atoms with van der Waals surface area (Å²) in [6.45, 7) is 10.1. The molecule has 2 aromatic carbocycles. The Labute approximate surface area is 223 Å². The third kappa shape index (κ3) is 8.85. The van der Waals surface area contributed by atoms with Crippen LogP contribution in [0.1, 0.15) is 13.8 Å². The number of hydrogen-bond acceptors (Lipinski definition) is 7. The molecule has 0 heterocycles. The fourth-order valence-corrected chi connectivity index (χ4v) is 3.56. The molecule has 0 unspecified atom stereocenters. The van der Waals surface area contributed by atoms with Crippen LogP contribution >= 0.6 is 46.4 Å². The summed E-state index contributed by atoms with van der Waals surface area (Å²) in [5, 5.41) is 0.723. The molecule has 0 saturated carbocycles. The zero-order chi connectivity index (χ0) is 26.1. The number of benzene rings is 2. The quantitative estimate of drug-likeness (QED) is 0.155. The van der Waals surface area contributed by atoms with Crippen molar-refractivity contribution in [2.45, 2.75) is 13.8 Å². The van der Waals surface area contributed by atoms with Gasteiger partial charge in [0, 0.05) is 35.4 Å². The van der Waals surface area contributed by atoms with Gasteiger partial charge in [0.15, 0.2) is 11.5 Å². The molecule has 7 nitrogen and oxygen atoms in total. The zero-order valence-corrected chi connectivity index (χ0v) is 21.9. The smallest absolute Gasteiger partial charge is 0.333 e. The highest BCUT2D eigenvalue weighted by molar-refractivity contribution is 6.38. The van der Waals surface area contributed by atoms with Crippen molar-refractivity contribution in [2.24, 2.45) is 0 Å². The number of hydrogen-bond donors (Lipinski definition) is 0. The lowest BCUT2D eigenvalue weighted by Crippen LogP contribution is -2.12. The number of carbonyl (C=O) groups is 2. The van der Waals surface area contributed by atoms with Crippen LogP contribution < -0.4 is 14.2 Å². The van der Waals surface area contributed by atoms with Crippen LogP contribution in [0.5, 0.6) is 23.0 Å². The number of halogens is 4. The molecule has 0 aliphatic rings. The number of carbonyl (C=O) groups excluding carboxylic acids is 2. The third-order valence-electron chi connectivity index (χ3n) is 4.00. The maximum atomic E-state index is 11.4. The lowest BCUT2D eigenvalue weighted by atomic mass is 10.3. The normalized spacial score (nSPS) is 10.3. The van der Waals surface area contributed by atoms with Gasteiger partial charge >= 0.3 is 11.9 Å². The minimum Gasteiger partial charge on any atom is -0.487 e. The van der Waals surface area contributed by atoms with E-state index in [2.05, 4.69) is 13.2 Å². The highest BCUT2D eigenvalue weighted by Gasteiger charge is 2.15. The molecule has 0 saturated heterocycles. The topological polar surface area (TPSA) is 80.3 Å². The Morgan fingerprint density at radius 2 is 0.971 bits per heavy atom. The van der Waals surface area contributed by atoms with Gasteiger partial charge in [-0.15, -0.1) is 0 Å². The maximum absolute atomic E-state index is 11.4. The summed E-state index contributed by atoms with van der Waals surface area (Å²) in [7, 11) is 0. The van der Waals surface area contributed by atoms with Gasteiger partial charge < -0.3 is 23.7 Å². The van der Waals surface area contributed by atoms with Crippen molar-refractivity contribution < 1.29 is 33.3 Å². The average Bonchev–Trinajstić information content (AvgIpc) is 2.76. The molecule has 0 radical (unpaired) electrons. The molecule has 0 aliphatic carbocycles. The van der Waals surface area contributed by atoms with Crippen LogP contribution in [0.4, 0.5) is 0 Å². The predicted octanol–water partition coefficient (Wildman–Crippen LogP) is 7.09. The standard InChI is InChI=1S/C24H22Cl4O7/c1-13(2)23(29)33-7-5-31-21-17(25)9-15(10-18(21)26)35-16-11-19(27)22(20(28)12-16)32-6-8-34-24(30)14(3)4/h9-12H,1,3,5-8H2,2,4H3. The first-order valence-electron chi connectivity index (χ1n) is 10.1. The first-order chi connectivity index (χ1) is 16.5. The van der Waals surface area contributed by atoms with Crippen molar-refractivity contribution >= 4 is 58.3 Å². The number of rotatable bonds is 12. The molecular formula is C24H22Cl4O7. The van der Waals surface area contributed by atoms with E-state index in [-0.39, 0.29) is 69.2 Å². The highest BCUT2D eigenvalue weighted by atomic mass is 35.5. The monoisotopic (exact) mass is 562 g/mol. The van der Waals surface area contributed by atoms with E-state index in [1.165, 1.54) is 24.3 Å². The second kappa shape index (κ2) is 13.5. The Kier molecular flexibility index (Phi) is 11.0. The summed E-state index contributed by atoms with van der Waals surface area (Å²) >= 11 is 25.1. The number of esters is 2. The van der Waals surface area contributed by atoms with E-state index in [0.717, 1.165) is 0 Å². The molecule has 2 rings (SSSR count). The maximum Gasteiger partial charge on any atom is 0.333 e. The van der Waals surface area contributed by atoms with Crippen LogP contribution in [0.25, 0.3) is 0 Å². The van der Waals surface area contributed by atoms with Gasteiger partial charge in [0.25, 0.3) is 0 Å². The van der Waals surface area contributed by atoms with Crippen molar-refractivity contribution in [3.63, 3.8) is 0 Å². The van der Waals surface area contributed by atoms with Crippen molar-refractivity contribution in [2.75, 3.05) is 26.4 Å². The third-order valence-corrected chi connectivity index (χ3v) is 5.13. The molecule has 0 spiro atoms. The molecule has 0 aromatic heterocycles. The van der Waals surface area contributed by atoms with Crippen molar-refractivity contribution in [1.82, 2.24) is 0 Å². The van der Waals surface area contributed by atoms with Gasteiger partial charge in [0.2, 0.25) is 0 Å². The van der Waals surface area contributed by atoms with Crippen LogP contribution in [0.15, 0.2) is 48.6 Å². The summed E-state index contributed by atoms with van der Waals surface area (Å²) in [6.07, 6.45) is 0. The van der Waals surface area contributed by atoms with Gasteiger partial charge in [-0.25, -0.2) is 9.59 Å². The Morgan fingerprint density at radius 1 is 0.657 bits per heavy atom. The van der Waals surface area contributed by atoms with Gasteiger partial charge in [-0.2, -0.15) is 0 Å². The van der Waals surface area contributed by atoms with Gasteiger partial charge in [-0.1, -0.05) is 59.6 Å². The van der Waals surface area contributed by atoms with Crippen LogP contribution in [-0.2, 0) is 19.1 Å². The molecule has 11 heteroatoms. The van der Waals surface area contributed by atoms with Gasteiger partial charge in [0.05, 0.1) is 20.1 Å². The van der Waals surface area contributed by atoms with Gasteiger partial charge in [0.1, 0.15) is 37.9 Å². The number of ether oxygens (including phenoxy) is 5. The minimum atomic E-state index is -0.519. The summed E-state index contributed by atoms with van der Waals surface area (Å²) < 4.78 is 26.7. The highest BCUT2D eigenvalue weighted by Crippen LogP contribution is 2.41. The first-order valence-corrected chi connectivity index (χ1v) is 11.6. The van der Waals surface area contributed by atoms with E-state index < -0.39 is 11.9 Å². The summed E-state index contributed by atoms with van der Waals surface area (Å²) in [4.78, 5) is 22.8. The first kappa shape index (κ1) is 28.7. The largest absolute Gasteiger partial charge is 0.487 e. The van der Waals surface area contributed by atoms with Gasteiger partial charge in [-0.05, 0) is 13.8 Å². The molecular weight excluding hydrogens is 542 g/mol. The lowest BCUT2D eigenvalue weighted by molar-refractivity contribution is -0.140. The SMILES string of the molecule is C=C(C)C(=O)OCCOc1c(Cl)cc(Oc2cc(Cl)c(OCCOC(=O)C(=C)C)c(Cl)c2)cc1Cl. The van der Waals surface area contributed by atoms with Crippen LogP contribution in [0.3, 0.4) is 0 Å². The molecule has 0 N–H and O–H groups in total. The Hall–Kier alpha value is -2.58. The van der Waals surface area contributed by atoms with E-state index in [0.29, 0.717) is 11.5 Å².